The Morgan fingerprint density at radius 2 is 0.833 bits per heavy atom. The molecule has 11 rings (SSSR count). The normalized spacial score (nSPS) is 11.7. The van der Waals surface area contributed by atoms with E-state index in [9.17, 15) is 0 Å². The van der Waals surface area contributed by atoms with Gasteiger partial charge in [0.05, 0.1) is 11.4 Å². The third-order valence-electron chi connectivity index (χ3n) is 10.5. The van der Waals surface area contributed by atoms with E-state index in [0.29, 0.717) is 5.82 Å². The Hall–Kier alpha value is -6.46. The molecule has 2 nitrogen and oxygen atoms in total. The molecule has 3 heterocycles. The molecular weight excluding hydrogens is 693 g/mol. The highest BCUT2D eigenvalue weighted by atomic mass is 32.1. The van der Waals surface area contributed by atoms with E-state index < -0.39 is 0 Å². The molecule has 4 heteroatoms. The molecule has 0 saturated heterocycles. The van der Waals surface area contributed by atoms with Crippen molar-refractivity contribution in [1.82, 2.24) is 9.97 Å². The maximum atomic E-state index is 5.36. The van der Waals surface area contributed by atoms with Crippen molar-refractivity contribution in [3.8, 4) is 56.2 Å². The maximum Gasteiger partial charge on any atom is 0.160 e. The maximum absolute atomic E-state index is 5.36. The first-order valence-electron chi connectivity index (χ1n) is 18.1. The van der Waals surface area contributed by atoms with Gasteiger partial charge in [0.25, 0.3) is 0 Å². The van der Waals surface area contributed by atoms with Crippen LogP contribution in [0.15, 0.2) is 182 Å². The van der Waals surface area contributed by atoms with Gasteiger partial charge in [0.1, 0.15) is 0 Å². The van der Waals surface area contributed by atoms with E-state index in [1.807, 2.05) is 22.7 Å². The second kappa shape index (κ2) is 12.6. The fourth-order valence-corrected chi connectivity index (χ4v) is 10.3. The number of hydrogen-bond donors (Lipinski definition) is 0. The monoisotopic (exact) mass is 722 g/mol. The van der Waals surface area contributed by atoms with Crippen LogP contribution < -0.4 is 0 Å². The predicted molar refractivity (Wildman–Crippen MR) is 232 cm³/mol. The van der Waals surface area contributed by atoms with Crippen molar-refractivity contribution in [3.63, 3.8) is 0 Å². The fraction of sp³-hybridized carbons (Fsp3) is 0. The molecule has 11 aromatic rings. The summed E-state index contributed by atoms with van der Waals surface area (Å²) in [5.41, 5.74) is 9.70. The predicted octanol–water partition coefficient (Wildman–Crippen LogP) is 14.7. The number of hydrogen-bond acceptors (Lipinski definition) is 4. The van der Waals surface area contributed by atoms with Gasteiger partial charge < -0.3 is 0 Å². The molecule has 0 aliphatic heterocycles. The zero-order valence-electron chi connectivity index (χ0n) is 29.0. The van der Waals surface area contributed by atoms with Crippen LogP contribution in [-0.2, 0) is 0 Å². The molecule has 0 spiro atoms. The molecule has 0 bridgehead atoms. The fourth-order valence-electron chi connectivity index (χ4n) is 7.84. The molecule has 0 fully saturated rings. The highest BCUT2D eigenvalue weighted by Gasteiger charge is 2.18. The molecule has 54 heavy (non-hydrogen) atoms. The Kier molecular flexibility index (Phi) is 7.25. The molecule has 0 aliphatic rings. The number of aromatic nitrogens is 2. The molecule has 0 amide bonds. The first-order valence-corrected chi connectivity index (χ1v) is 19.8. The summed E-state index contributed by atoms with van der Waals surface area (Å²) < 4.78 is 5.20. The number of benzene rings is 8. The highest BCUT2D eigenvalue weighted by Crippen LogP contribution is 2.45. The van der Waals surface area contributed by atoms with E-state index in [4.69, 9.17) is 9.97 Å². The molecule has 0 aliphatic carbocycles. The van der Waals surface area contributed by atoms with E-state index in [0.717, 1.165) is 28.1 Å². The van der Waals surface area contributed by atoms with Gasteiger partial charge in [-0.1, -0.05) is 140 Å². The second-order valence-electron chi connectivity index (χ2n) is 13.7. The van der Waals surface area contributed by atoms with Crippen molar-refractivity contribution in [2.75, 3.05) is 0 Å². The van der Waals surface area contributed by atoms with Gasteiger partial charge in [-0.15, -0.1) is 22.7 Å². The van der Waals surface area contributed by atoms with Gasteiger partial charge >= 0.3 is 0 Å². The van der Waals surface area contributed by atoms with Crippen LogP contribution in [0.4, 0.5) is 0 Å². The molecule has 0 unspecified atom stereocenters. The minimum absolute atomic E-state index is 0.710. The van der Waals surface area contributed by atoms with Crippen LogP contribution in [-0.4, -0.2) is 9.97 Å². The molecule has 0 atom stereocenters. The number of nitrogens with zero attached hydrogens (tertiary/aromatic N) is 2. The molecule has 8 aromatic carbocycles. The van der Waals surface area contributed by atoms with Crippen molar-refractivity contribution < 1.29 is 0 Å². The van der Waals surface area contributed by atoms with E-state index in [1.165, 1.54) is 73.4 Å². The van der Waals surface area contributed by atoms with Gasteiger partial charge in [-0.05, 0) is 75.5 Å². The standard InChI is InChI=1S/C50H30N2S2/c1-2-13-32(14-3-1)44-30-45(52-50(51-44)34-25-24-31-12-4-5-15-33(31)26-34)37-28-35(38-18-10-20-42-40-16-6-8-22-46(40)53-48(38)42)27-36(29-37)39-19-11-21-43-41-17-7-9-23-47(41)54-49(39)43/h1-30H. The average Bonchev–Trinajstić information content (AvgIpc) is 3.82. The topological polar surface area (TPSA) is 25.8 Å². The Balaban J connectivity index is 1.19. The number of thiophene rings is 2. The van der Waals surface area contributed by atoms with Crippen LogP contribution >= 0.6 is 22.7 Å². The van der Waals surface area contributed by atoms with Crippen LogP contribution in [0, 0.1) is 0 Å². The van der Waals surface area contributed by atoms with Crippen molar-refractivity contribution in [1.29, 1.82) is 0 Å². The molecule has 3 aromatic heterocycles. The minimum Gasteiger partial charge on any atom is -0.228 e. The van der Waals surface area contributed by atoms with Gasteiger partial charge in [-0.2, -0.15) is 0 Å². The first-order chi connectivity index (χ1) is 26.7. The van der Waals surface area contributed by atoms with Gasteiger partial charge in [0.15, 0.2) is 5.82 Å². The molecule has 0 saturated carbocycles. The third-order valence-corrected chi connectivity index (χ3v) is 12.9. The number of rotatable bonds is 5. The van der Waals surface area contributed by atoms with E-state index in [2.05, 4.69) is 182 Å². The molecule has 0 radical (unpaired) electrons. The smallest absolute Gasteiger partial charge is 0.160 e. The summed E-state index contributed by atoms with van der Waals surface area (Å²) in [6, 6.07) is 65.6. The minimum atomic E-state index is 0.710. The largest absolute Gasteiger partial charge is 0.228 e. The third kappa shape index (κ3) is 5.22. The molecule has 0 N–H and O–H groups in total. The lowest BCUT2D eigenvalue weighted by Gasteiger charge is -2.14. The second-order valence-corrected chi connectivity index (χ2v) is 15.9. The Morgan fingerprint density at radius 3 is 1.48 bits per heavy atom. The van der Waals surface area contributed by atoms with Crippen molar-refractivity contribution >= 4 is 73.8 Å². The van der Waals surface area contributed by atoms with Crippen LogP contribution in [0.2, 0.25) is 0 Å². The van der Waals surface area contributed by atoms with E-state index in [1.54, 1.807) is 0 Å². The average molecular weight is 723 g/mol. The zero-order chi connectivity index (χ0) is 35.6. The van der Waals surface area contributed by atoms with Gasteiger partial charge in [-0.25, -0.2) is 9.97 Å². The van der Waals surface area contributed by atoms with Crippen LogP contribution in [0.25, 0.3) is 107 Å². The summed E-state index contributed by atoms with van der Waals surface area (Å²) in [7, 11) is 0. The molecule has 252 valence electrons. The van der Waals surface area contributed by atoms with E-state index in [-0.39, 0.29) is 0 Å². The SMILES string of the molecule is c1ccc(-c2cc(-c3cc(-c4cccc5c4sc4ccccc45)cc(-c4cccc5c4sc4ccccc45)c3)nc(-c3ccc4ccccc4c3)n2)cc1. The summed E-state index contributed by atoms with van der Waals surface area (Å²) in [6.07, 6.45) is 0. The highest BCUT2D eigenvalue weighted by molar-refractivity contribution is 7.26. The number of fused-ring (bicyclic) bond motifs is 7. The summed E-state index contributed by atoms with van der Waals surface area (Å²) >= 11 is 3.74. The van der Waals surface area contributed by atoms with Crippen molar-refractivity contribution in [2.45, 2.75) is 0 Å². The Bertz CT molecular complexity index is 3100. The van der Waals surface area contributed by atoms with Crippen LogP contribution in [0.1, 0.15) is 0 Å². The quantitative estimate of drug-likeness (QED) is 0.177. The summed E-state index contributed by atoms with van der Waals surface area (Å²) in [6.45, 7) is 0. The van der Waals surface area contributed by atoms with Gasteiger partial charge in [-0.3, -0.25) is 0 Å². The van der Waals surface area contributed by atoms with Gasteiger partial charge in [0.2, 0.25) is 0 Å². The van der Waals surface area contributed by atoms with Crippen LogP contribution in [0.3, 0.4) is 0 Å². The van der Waals surface area contributed by atoms with Crippen molar-refractivity contribution in [2.24, 2.45) is 0 Å². The lowest BCUT2D eigenvalue weighted by molar-refractivity contribution is 1.18. The lowest BCUT2D eigenvalue weighted by atomic mass is 9.93. The Labute approximate surface area is 320 Å². The summed E-state index contributed by atoms with van der Waals surface area (Å²) in [4.78, 5) is 10.6. The first kappa shape index (κ1) is 31.1. The lowest BCUT2D eigenvalue weighted by Crippen LogP contribution is -1.97. The molecular formula is C50H30N2S2. The summed E-state index contributed by atoms with van der Waals surface area (Å²) in [5.74, 6) is 0.710. The van der Waals surface area contributed by atoms with Crippen LogP contribution in [0.5, 0.6) is 0 Å². The Morgan fingerprint density at radius 1 is 0.315 bits per heavy atom. The van der Waals surface area contributed by atoms with Crippen molar-refractivity contribution in [3.05, 3.63) is 182 Å². The van der Waals surface area contributed by atoms with Gasteiger partial charge in [0, 0.05) is 57.0 Å². The zero-order valence-corrected chi connectivity index (χ0v) is 30.7. The van der Waals surface area contributed by atoms with E-state index >= 15 is 0 Å². The summed E-state index contributed by atoms with van der Waals surface area (Å²) in [5, 5.41) is 7.55.